The highest BCUT2D eigenvalue weighted by molar-refractivity contribution is 7.07. The van der Waals surface area contributed by atoms with Crippen LogP contribution >= 0.6 is 11.3 Å². The summed E-state index contributed by atoms with van der Waals surface area (Å²) in [6.45, 7) is 6.94. The number of ether oxygens (including phenoxy) is 2. The molecule has 0 atom stereocenters. The average molecular weight is 410 g/mol. The van der Waals surface area contributed by atoms with Gasteiger partial charge in [-0.25, -0.2) is 4.99 Å². The Kier molecular flexibility index (Phi) is 5.40. The van der Waals surface area contributed by atoms with Crippen molar-refractivity contribution in [2.45, 2.75) is 26.8 Å². The molecule has 0 radical (unpaired) electrons. The van der Waals surface area contributed by atoms with E-state index in [4.69, 9.17) is 14.5 Å². The molecule has 6 nitrogen and oxygen atoms in total. The zero-order chi connectivity index (χ0) is 20.4. The van der Waals surface area contributed by atoms with E-state index in [1.165, 1.54) is 0 Å². The monoisotopic (exact) mass is 409 g/mol. The highest BCUT2D eigenvalue weighted by Crippen LogP contribution is 2.33. The molecule has 0 spiro atoms. The van der Waals surface area contributed by atoms with Gasteiger partial charge in [-0.2, -0.15) is 0 Å². The van der Waals surface area contributed by atoms with Gasteiger partial charge in [0.1, 0.15) is 11.5 Å². The predicted octanol–water partition coefficient (Wildman–Crippen LogP) is 4.76. The number of carbonyl (C=O) groups excluding carboxylic acids is 1. The van der Waals surface area contributed by atoms with Crippen molar-refractivity contribution in [1.29, 1.82) is 0 Å². The van der Waals surface area contributed by atoms with Crippen molar-refractivity contribution in [3.63, 3.8) is 0 Å². The molecule has 0 saturated heterocycles. The Bertz CT molecular complexity index is 1100. The van der Waals surface area contributed by atoms with E-state index in [2.05, 4.69) is 29.1 Å². The summed E-state index contributed by atoms with van der Waals surface area (Å²) in [5.74, 6) is 1.40. The third-order valence-electron chi connectivity index (χ3n) is 4.54. The van der Waals surface area contributed by atoms with Gasteiger partial charge in [0.2, 0.25) is 0 Å². The highest BCUT2D eigenvalue weighted by atomic mass is 32.1. The molecular weight excluding hydrogens is 386 g/mol. The number of aromatic nitrogens is 1. The number of anilines is 1. The summed E-state index contributed by atoms with van der Waals surface area (Å²) in [5, 5.41) is 4.97. The molecule has 4 rings (SSSR count). The molecular formula is C22H23N3O3S. The lowest BCUT2D eigenvalue weighted by molar-refractivity contribution is -0.118. The molecule has 0 saturated carbocycles. The molecule has 1 N–H and O–H groups in total. The second-order valence-corrected chi connectivity index (χ2v) is 7.79. The molecule has 0 unspecified atom stereocenters. The molecule has 7 heteroatoms. The summed E-state index contributed by atoms with van der Waals surface area (Å²) >= 11 is 1.59. The lowest BCUT2D eigenvalue weighted by atomic mass is 10.1. The molecule has 1 amide bonds. The second-order valence-electron chi connectivity index (χ2n) is 6.95. The van der Waals surface area contributed by atoms with Crippen LogP contribution in [0.3, 0.4) is 0 Å². The lowest BCUT2D eigenvalue weighted by Crippen LogP contribution is -2.25. The Morgan fingerprint density at radius 3 is 2.76 bits per heavy atom. The normalized spacial score (nSPS) is 13.8. The molecule has 0 fully saturated rings. The minimum atomic E-state index is -0.136. The molecule has 0 bridgehead atoms. The molecule has 2 aromatic carbocycles. The summed E-state index contributed by atoms with van der Waals surface area (Å²) < 4.78 is 13.2. The van der Waals surface area contributed by atoms with E-state index in [1.54, 1.807) is 11.3 Å². The Hall–Kier alpha value is -3.06. The van der Waals surface area contributed by atoms with E-state index in [-0.39, 0.29) is 18.6 Å². The maximum atomic E-state index is 11.7. The van der Waals surface area contributed by atoms with Crippen molar-refractivity contribution in [3.8, 4) is 22.8 Å². The Labute approximate surface area is 173 Å². The summed E-state index contributed by atoms with van der Waals surface area (Å²) in [5.41, 5.74) is 3.64. The minimum absolute atomic E-state index is 0.0574. The summed E-state index contributed by atoms with van der Waals surface area (Å²) in [6.07, 6.45) is 0. The first-order valence-electron chi connectivity index (χ1n) is 9.60. The van der Waals surface area contributed by atoms with Crippen LogP contribution in [0.5, 0.6) is 11.5 Å². The first kappa shape index (κ1) is 19.3. The number of nitrogens with one attached hydrogen (secondary N) is 1. The summed E-state index contributed by atoms with van der Waals surface area (Å²) in [7, 11) is 0. The topological polar surface area (TPSA) is 64.8 Å². The predicted molar refractivity (Wildman–Crippen MR) is 115 cm³/mol. The van der Waals surface area contributed by atoms with Crippen LogP contribution in [0.4, 0.5) is 11.4 Å². The maximum Gasteiger partial charge on any atom is 0.262 e. The quantitative estimate of drug-likeness (QED) is 0.661. The third kappa shape index (κ3) is 4.05. The van der Waals surface area contributed by atoms with Gasteiger partial charge in [-0.1, -0.05) is 0 Å². The fourth-order valence-corrected chi connectivity index (χ4v) is 4.30. The molecule has 1 aliphatic heterocycles. The number of thiazole rings is 1. The van der Waals surface area contributed by atoms with E-state index < -0.39 is 0 Å². The Morgan fingerprint density at radius 1 is 1.24 bits per heavy atom. The van der Waals surface area contributed by atoms with Crippen LogP contribution in [0.15, 0.2) is 52.8 Å². The van der Waals surface area contributed by atoms with Crippen LogP contribution in [-0.2, 0) is 4.79 Å². The number of benzene rings is 2. The third-order valence-corrected chi connectivity index (χ3v) is 5.38. The number of amides is 1. The van der Waals surface area contributed by atoms with Crippen LogP contribution in [0.25, 0.3) is 11.3 Å². The molecule has 0 aliphatic carbocycles. The van der Waals surface area contributed by atoms with Gasteiger partial charge in [0.05, 0.1) is 23.7 Å². The fraction of sp³-hybridized carbons (Fsp3) is 0.273. The van der Waals surface area contributed by atoms with Crippen molar-refractivity contribution in [2.75, 3.05) is 18.5 Å². The Morgan fingerprint density at radius 2 is 2.03 bits per heavy atom. The molecule has 29 heavy (non-hydrogen) atoms. The van der Waals surface area contributed by atoms with Gasteiger partial charge < -0.3 is 19.4 Å². The van der Waals surface area contributed by atoms with Crippen molar-refractivity contribution in [2.24, 2.45) is 4.99 Å². The van der Waals surface area contributed by atoms with E-state index in [9.17, 15) is 4.79 Å². The standard InChI is InChI=1S/C22H23N3O3S/c1-4-27-17-8-6-16(7-9-17)23-22-25(14(2)3)19(13-29-22)15-5-10-20-18(11-15)24-21(26)12-28-20/h5-11,13-14H,4,12H2,1-3H3,(H,24,26). The van der Waals surface area contributed by atoms with Gasteiger partial charge in [-0.15, -0.1) is 11.3 Å². The molecule has 1 aromatic heterocycles. The van der Waals surface area contributed by atoms with Crippen LogP contribution in [0.2, 0.25) is 0 Å². The Balaban J connectivity index is 1.74. The van der Waals surface area contributed by atoms with E-state index in [0.29, 0.717) is 18.0 Å². The van der Waals surface area contributed by atoms with Crippen molar-refractivity contribution in [3.05, 3.63) is 52.6 Å². The zero-order valence-corrected chi connectivity index (χ0v) is 17.5. The van der Waals surface area contributed by atoms with Crippen LogP contribution in [-0.4, -0.2) is 23.7 Å². The van der Waals surface area contributed by atoms with Gasteiger partial charge in [0.25, 0.3) is 5.91 Å². The number of fused-ring (bicyclic) bond motifs is 1. The van der Waals surface area contributed by atoms with E-state index >= 15 is 0 Å². The van der Waals surface area contributed by atoms with Gasteiger partial charge in [0.15, 0.2) is 11.4 Å². The number of carbonyl (C=O) groups is 1. The molecule has 3 aromatic rings. The highest BCUT2D eigenvalue weighted by Gasteiger charge is 2.18. The van der Waals surface area contributed by atoms with E-state index in [0.717, 1.165) is 27.5 Å². The first-order valence-corrected chi connectivity index (χ1v) is 10.5. The molecule has 1 aliphatic rings. The van der Waals surface area contributed by atoms with Crippen LogP contribution in [0.1, 0.15) is 26.8 Å². The summed E-state index contributed by atoms with van der Waals surface area (Å²) in [6, 6.07) is 13.9. The van der Waals surface area contributed by atoms with Gasteiger partial charge in [-0.3, -0.25) is 4.79 Å². The zero-order valence-electron chi connectivity index (χ0n) is 16.6. The smallest absolute Gasteiger partial charge is 0.262 e. The average Bonchev–Trinajstić information content (AvgIpc) is 3.13. The van der Waals surface area contributed by atoms with Crippen molar-refractivity contribution < 1.29 is 14.3 Å². The number of rotatable bonds is 5. The molecule has 2 heterocycles. The molecule has 150 valence electrons. The van der Waals surface area contributed by atoms with Crippen LogP contribution < -0.4 is 19.6 Å². The maximum absolute atomic E-state index is 11.7. The fourth-order valence-electron chi connectivity index (χ4n) is 3.25. The number of hydrogen-bond donors (Lipinski definition) is 1. The SMILES string of the molecule is CCOc1ccc(N=c2scc(-c3ccc4c(c3)NC(=O)CO4)n2C(C)C)cc1. The van der Waals surface area contributed by atoms with Crippen molar-refractivity contribution >= 4 is 28.6 Å². The largest absolute Gasteiger partial charge is 0.494 e. The first-order chi connectivity index (χ1) is 14.0. The minimum Gasteiger partial charge on any atom is -0.494 e. The van der Waals surface area contributed by atoms with Crippen LogP contribution in [0, 0.1) is 0 Å². The van der Waals surface area contributed by atoms with Gasteiger partial charge in [-0.05, 0) is 63.2 Å². The number of nitrogens with zero attached hydrogens (tertiary/aromatic N) is 2. The van der Waals surface area contributed by atoms with Gasteiger partial charge >= 0.3 is 0 Å². The van der Waals surface area contributed by atoms with Gasteiger partial charge in [0, 0.05) is 17.0 Å². The summed E-state index contributed by atoms with van der Waals surface area (Å²) in [4.78, 5) is 17.4. The van der Waals surface area contributed by atoms with Crippen molar-refractivity contribution in [1.82, 2.24) is 4.57 Å². The van der Waals surface area contributed by atoms with E-state index in [1.807, 2.05) is 49.4 Å². The number of hydrogen-bond acceptors (Lipinski definition) is 5. The second kappa shape index (κ2) is 8.13. The lowest BCUT2D eigenvalue weighted by Gasteiger charge is -2.19.